The average Bonchev–Trinajstić information content (AvgIpc) is 4.38. The van der Waals surface area contributed by atoms with Gasteiger partial charge in [-0.15, -0.1) is 11.3 Å². The van der Waals surface area contributed by atoms with Crippen molar-refractivity contribution < 1.29 is 17.9 Å². The Bertz CT molecular complexity index is 4070. The third-order valence-corrected chi connectivity index (χ3v) is 23.0. The molecule has 1 saturated carbocycles. The number of thiophene rings is 2. The molecule has 0 radical (unpaired) electrons. The first kappa shape index (κ1) is 51.3. The van der Waals surface area contributed by atoms with Gasteiger partial charge in [-0.25, -0.2) is 0 Å². The quantitative estimate of drug-likeness (QED) is 0.0904. The zero-order valence-corrected chi connectivity index (χ0v) is 50.0. The molecule has 6 aromatic carbocycles. The molecule has 379 valence electrons. The topological polar surface area (TPSA) is 51.6 Å². The van der Waals surface area contributed by atoms with Crippen LogP contribution in [-0.4, -0.2) is 18.7 Å². The Kier molecular flexibility index (Phi) is 14.5. The van der Waals surface area contributed by atoms with Crippen molar-refractivity contribution in [3.8, 4) is 59.6 Å². The molecular formula is C68H57N4OsPS3+. The SMILES string of the molecule is CC=C1CCCC1=CC(C#Cc1sc(-c2c3nsnc3c(-c3cc(CC(C)C)c(/C=C/C)s3)c3nc4c(nc23)-c2cccc3cccc-4c23)cc1CC(C)C)=C([C]#[Os])[P+](c1ccccc1)(c1ccccc1)c1ccccc1. The van der Waals surface area contributed by atoms with Crippen LogP contribution in [0.4, 0.5) is 0 Å². The molecule has 4 nitrogen and oxygen atoms in total. The van der Waals surface area contributed by atoms with Gasteiger partial charge in [0.15, 0.2) is 0 Å². The van der Waals surface area contributed by atoms with Crippen LogP contribution in [0.25, 0.3) is 82.3 Å². The van der Waals surface area contributed by atoms with Gasteiger partial charge in [-0.1, -0.05) is 56.3 Å². The predicted molar refractivity (Wildman–Crippen MR) is 329 cm³/mol. The van der Waals surface area contributed by atoms with Crippen molar-refractivity contribution in [2.75, 3.05) is 0 Å². The Morgan fingerprint density at radius 1 is 0.636 bits per heavy atom. The molecule has 0 N–H and O–H groups in total. The van der Waals surface area contributed by atoms with E-state index < -0.39 is 7.26 Å². The fourth-order valence-electron chi connectivity index (χ4n) is 11.6. The number of benzene rings is 6. The van der Waals surface area contributed by atoms with Gasteiger partial charge in [0.05, 0.1) is 5.69 Å². The van der Waals surface area contributed by atoms with Crippen molar-refractivity contribution >= 4 is 96.5 Å². The minimum atomic E-state index is -2.56. The molecule has 2 aliphatic carbocycles. The summed E-state index contributed by atoms with van der Waals surface area (Å²) >= 11 is 6.67. The van der Waals surface area contributed by atoms with E-state index in [2.05, 4.69) is 222 Å². The van der Waals surface area contributed by atoms with Crippen molar-refractivity contribution in [2.24, 2.45) is 11.8 Å². The zero-order valence-electron chi connectivity index (χ0n) is 44.1. The Labute approximate surface area is 475 Å². The predicted octanol–water partition coefficient (Wildman–Crippen LogP) is 17.5. The number of fused-ring (bicyclic) bond motifs is 5. The molecule has 9 heteroatoms. The summed E-state index contributed by atoms with van der Waals surface area (Å²) in [6, 6.07) is 51.2. The fraction of sp³-hybridized carbons (Fsp3) is 0.191. The van der Waals surface area contributed by atoms with E-state index in [0.717, 1.165) is 113 Å². The summed E-state index contributed by atoms with van der Waals surface area (Å²) in [6.45, 7) is 13.5. The van der Waals surface area contributed by atoms with Crippen molar-refractivity contribution in [1.29, 1.82) is 0 Å². The summed E-state index contributed by atoms with van der Waals surface area (Å²) < 4.78 is 14.3. The van der Waals surface area contributed by atoms with Crippen LogP contribution in [-0.2, 0) is 30.8 Å². The molecule has 1 fully saturated rings. The average molecular weight is 1250 g/mol. The van der Waals surface area contributed by atoms with E-state index in [0.29, 0.717) is 11.8 Å². The van der Waals surface area contributed by atoms with Gasteiger partial charge in [-0.3, -0.25) is 0 Å². The number of hydrogen-bond donors (Lipinski definition) is 0. The molecule has 77 heavy (non-hydrogen) atoms. The number of nitrogens with zero attached hydrogens (tertiary/aromatic N) is 4. The first-order valence-electron chi connectivity index (χ1n) is 26.7. The van der Waals surface area contributed by atoms with Gasteiger partial charge in [-0.05, 0) is 42.4 Å². The molecule has 2 aliphatic rings. The van der Waals surface area contributed by atoms with Gasteiger partial charge in [0, 0.05) is 26.3 Å². The maximum absolute atomic E-state index is 5.81. The van der Waals surface area contributed by atoms with E-state index in [1.807, 2.05) is 29.3 Å². The van der Waals surface area contributed by atoms with Crippen LogP contribution in [0.2, 0.25) is 0 Å². The second-order valence-electron chi connectivity index (χ2n) is 20.8. The monoisotopic (exact) mass is 1250 g/mol. The van der Waals surface area contributed by atoms with Crippen molar-refractivity contribution in [3.05, 3.63) is 201 Å². The maximum atomic E-state index is 5.81. The van der Waals surface area contributed by atoms with Crippen molar-refractivity contribution in [2.45, 2.75) is 73.6 Å². The summed E-state index contributed by atoms with van der Waals surface area (Å²) in [4.78, 5) is 16.1. The summed E-state index contributed by atoms with van der Waals surface area (Å²) in [7, 11) is -2.56. The van der Waals surface area contributed by atoms with Crippen LogP contribution in [0.1, 0.15) is 81.7 Å². The minimum absolute atomic E-state index is 0.389. The molecule has 0 saturated heterocycles. The zero-order chi connectivity index (χ0) is 52.8. The van der Waals surface area contributed by atoms with Crippen LogP contribution in [0, 0.1) is 28.0 Å². The molecule has 0 aliphatic heterocycles. The standard InChI is InChI=1S/C68H57N4PS3.Os/c1-8-22-56-49(37-42(3)4)40-58(74-56)61-65-66(70-64-55-34-21-25-46-24-20-33-54(60(46)55)63(64)69-65)62(68-67(61)71-76-72-68)59-41-50(38-43(5)6)57(75-59)36-35-47(39-48-26-19-23-45(48)9-2)44(7)73(51-27-13-10-14-28-51,52-29-15-11-16-30-52)53-31-17-12-18-32-53;/h8-18,20-22,24-25,27-34,39-43H,19,23,26,37-38H2,1-6H3;/q+1;/b22-8+,45-9?,47-44?,48-39?;. The Balaban J connectivity index is 1.14. The summed E-state index contributed by atoms with van der Waals surface area (Å²) in [5.41, 5.74) is 15.8. The van der Waals surface area contributed by atoms with Crippen LogP contribution in [0.15, 0.2) is 180 Å². The molecule has 4 aromatic heterocycles. The normalized spacial score (nSPS) is 14.6. The Morgan fingerprint density at radius 3 is 1.70 bits per heavy atom. The van der Waals surface area contributed by atoms with Crippen molar-refractivity contribution in [3.63, 3.8) is 0 Å². The second-order valence-corrected chi connectivity index (χ2v) is 27.5. The summed E-state index contributed by atoms with van der Waals surface area (Å²) in [5, 5.41) is 7.39. The van der Waals surface area contributed by atoms with Crippen molar-refractivity contribution in [1.82, 2.24) is 18.7 Å². The van der Waals surface area contributed by atoms with Crippen LogP contribution in [0.5, 0.6) is 0 Å². The summed E-state index contributed by atoms with van der Waals surface area (Å²) in [5.74, 6) is 8.82. The van der Waals surface area contributed by atoms with Gasteiger partial charge >= 0.3 is 337 Å². The summed E-state index contributed by atoms with van der Waals surface area (Å²) in [6.07, 6.45) is 14.2. The number of hydrogen-bond acceptors (Lipinski definition) is 7. The van der Waals surface area contributed by atoms with E-state index in [9.17, 15) is 0 Å². The van der Waals surface area contributed by atoms with Crippen LogP contribution >= 0.6 is 41.7 Å². The molecule has 0 spiro atoms. The number of rotatable bonds is 12. The molecule has 10 aromatic rings. The third-order valence-electron chi connectivity index (χ3n) is 14.9. The van der Waals surface area contributed by atoms with Gasteiger partial charge in [0.25, 0.3) is 0 Å². The van der Waals surface area contributed by atoms with Gasteiger partial charge < -0.3 is 0 Å². The second kappa shape index (κ2) is 21.7. The molecule has 0 atom stereocenters. The van der Waals surface area contributed by atoms with Gasteiger partial charge in [-0.2, -0.15) is 0 Å². The van der Waals surface area contributed by atoms with Gasteiger partial charge in [0.1, 0.15) is 0 Å². The first-order chi connectivity index (χ1) is 37.7. The number of aromatic nitrogens is 4. The molecule has 0 unspecified atom stereocenters. The molecule has 0 amide bonds. The van der Waals surface area contributed by atoms with Crippen LogP contribution in [0.3, 0.4) is 0 Å². The van der Waals surface area contributed by atoms with E-state index in [1.165, 1.54) is 65.6 Å². The molecule has 0 bridgehead atoms. The van der Waals surface area contributed by atoms with Gasteiger partial charge in [0.2, 0.25) is 0 Å². The van der Waals surface area contributed by atoms with E-state index in [4.69, 9.17) is 18.7 Å². The fourth-order valence-corrected chi connectivity index (χ4v) is 20.2. The number of allylic oxidation sites excluding steroid dienone is 7. The van der Waals surface area contributed by atoms with E-state index in [-0.39, 0.29) is 0 Å². The molecule has 12 rings (SSSR count). The van der Waals surface area contributed by atoms with E-state index in [1.54, 1.807) is 11.3 Å². The molecule has 4 heterocycles. The Morgan fingerprint density at radius 2 is 1.17 bits per heavy atom. The molecular weight excluding hydrogens is 1190 g/mol. The van der Waals surface area contributed by atoms with E-state index >= 15 is 0 Å². The first-order valence-corrected chi connectivity index (χ1v) is 32.1. The Hall–Kier alpha value is -6.49. The van der Waals surface area contributed by atoms with Crippen LogP contribution < -0.4 is 15.9 Å². The third kappa shape index (κ3) is 9.20.